The SMILES string of the molecule is Cc1ccc(NC2=C(c3ccc([N+](=O)[O-])cc3)C(=O)N(c3ccc(C#N)cc3)C2=O)c(C)c1. The molecule has 0 aliphatic carbocycles. The van der Waals surface area contributed by atoms with Crippen molar-refractivity contribution in [3.63, 3.8) is 0 Å². The molecule has 0 fully saturated rings. The smallest absolute Gasteiger partial charge is 0.282 e. The fourth-order valence-electron chi connectivity index (χ4n) is 3.67. The van der Waals surface area contributed by atoms with Crippen LogP contribution in [0, 0.1) is 35.3 Å². The summed E-state index contributed by atoms with van der Waals surface area (Å²) in [5, 5.41) is 23.2. The molecule has 0 saturated heterocycles. The number of hydrogen-bond acceptors (Lipinski definition) is 6. The van der Waals surface area contributed by atoms with E-state index in [1.807, 2.05) is 38.1 Å². The number of rotatable bonds is 5. The maximum atomic E-state index is 13.4. The van der Waals surface area contributed by atoms with Crippen LogP contribution in [0.5, 0.6) is 0 Å². The summed E-state index contributed by atoms with van der Waals surface area (Å²) in [6, 6.07) is 19.3. The highest BCUT2D eigenvalue weighted by atomic mass is 16.6. The Morgan fingerprint density at radius 1 is 0.939 bits per heavy atom. The van der Waals surface area contributed by atoms with Crippen LogP contribution in [-0.2, 0) is 9.59 Å². The molecule has 4 rings (SSSR count). The third kappa shape index (κ3) is 3.95. The highest BCUT2D eigenvalue weighted by Crippen LogP contribution is 2.35. The maximum Gasteiger partial charge on any atom is 0.282 e. The van der Waals surface area contributed by atoms with E-state index < -0.39 is 16.7 Å². The Bertz CT molecular complexity index is 1370. The number of imide groups is 1. The number of aryl methyl sites for hydroxylation is 2. The summed E-state index contributed by atoms with van der Waals surface area (Å²) >= 11 is 0. The van der Waals surface area contributed by atoms with Gasteiger partial charge in [-0.1, -0.05) is 17.7 Å². The second kappa shape index (κ2) is 8.40. The average Bonchev–Trinajstić information content (AvgIpc) is 3.05. The van der Waals surface area contributed by atoms with Gasteiger partial charge in [0.2, 0.25) is 0 Å². The first-order valence-corrected chi connectivity index (χ1v) is 10.0. The highest BCUT2D eigenvalue weighted by molar-refractivity contribution is 6.46. The molecule has 1 aliphatic heterocycles. The predicted molar refractivity (Wildman–Crippen MR) is 123 cm³/mol. The quantitative estimate of drug-likeness (QED) is 0.357. The summed E-state index contributed by atoms with van der Waals surface area (Å²) in [4.78, 5) is 38.4. The molecule has 1 N–H and O–H groups in total. The maximum absolute atomic E-state index is 13.4. The highest BCUT2D eigenvalue weighted by Gasteiger charge is 2.40. The Labute approximate surface area is 189 Å². The first-order valence-electron chi connectivity index (χ1n) is 10.0. The number of hydrogen-bond donors (Lipinski definition) is 1. The second-order valence-electron chi connectivity index (χ2n) is 7.60. The third-order valence-electron chi connectivity index (χ3n) is 5.35. The Kier molecular flexibility index (Phi) is 5.46. The van der Waals surface area contributed by atoms with Gasteiger partial charge in [-0.05, 0) is 67.4 Å². The zero-order chi connectivity index (χ0) is 23.7. The van der Waals surface area contributed by atoms with Crippen LogP contribution >= 0.6 is 0 Å². The van der Waals surface area contributed by atoms with Gasteiger partial charge in [-0.15, -0.1) is 0 Å². The molecule has 0 saturated carbocycles. The Morgan fingerprint density at radius 3 is 2.18 bits per heavy atom. The molecule has 0 aromatic heterocycles. The monoisotopic (exact) mass is 438 g/mol. The van der Waals surface area contributed by atoms with Crippen molar-refractivity contribution in [2.24, 2.45) is 0 Å². The fraction of sp³-hybridized carbons (Fsp3) is 0.0800. The van der Waals surface area contributed by atoms with E-state index in [-0.39, 0.29) is 17.0 Å². The van der Waals surface area contributed by atoms with E-state index in [2.05, 4.69) is 5.32 Å². The van der Waals surface area contributed by atoms with E-state index in [4.69, 9.17) is 5.26 Å². The summed E-state index contributed by atoms with van der Waals surface area (Å²) in [5.74, 6) is -1.12. The van der Waals surface area contributed by atoms with Crippen LogP contribution in [0.2, 0.25) is 0 Å². The molecule has 8 nitrogen and oxygen atoms in total. The van der Waals surface area contributed by atoms with Gasteiger partial charge in [0.15, 0.2) is 0 Å². The summed E-state index contributed by atoms with van der Waals surface area (Å²) < 4.78 is 0. The van der Waals surface area contributed by atoms with Gasteiger partial charge >= 0.3 is 0 Å². The van der Waals surface area contributed by atoms with Gasteiger partial charge in [0, 0.05) is 17.8 Å². The molecule has 3 aromatic carbocycles. The van der Waals surface area contributed by atoms with E-state index >= 15 is 0 Å². The van der Waals surface area contributed by atoms with E-state index in [9.17, 15) is 19.7 Å². The molecule has 162 valence electrons. The van der Waals surface area contributed by atoms with Gasteiger partial charge in [0.25, 0.3) is 17.5 Å². The minimum Gasteiger partial charge on any atom is -0.350 e. The van der Waals surface area contributed by atoms with Crippen molar-refractivity contribution in [1.82, 2.24) is 0 Å². The topological polar surface area (TPSA) is 116 Å². The number of nitrogens with zero attached hydrogens (tertiary/aromatic N) is 3. The zero-order valence-electron chi connectivity index (χ0n) is 17.8. The standard InChI is InChI=1S/C25H18N4O4/c1-15-3-12-21(16(2)13-15)27-23-22(18-6-10-20(11-7-18)29(32)33)24(30)28(25(23)31)19-8-4-17(14-26)5-9-19/h3-13,27H,1-2H3. The third-order valence-corrected chi connectivity index (χ3v) is 5.35. The number of nitrogens with one attached hydrogen (secondary N) is 1. The fourth-order valence-corrected chi connectivity index (χ4v) is 3.67. The van der Waals surface area contributed by atoms with E-state index in [1.165, 1.54) is 48.5 Å². The Balaban J connectivity index is 1.82. The normalized spacial score (nSPS) is 13.3. The molecule has 0 atom stereocenters. The zero-order valence-corrected chi connectivity index (χ0v) is 17.8. The first kappa shape index (κ1) is 21.5. The van der Waals surface area contributed by atoms with Crippen molar-refractivity contribution >= 4 is 34.4 Å². The van der Waals surface area contributed by atoms with E-state index in [0.29, 0.717) is 22.5 Å². The number of carbonyl (C=O) groups excluding carboxylic acids is 2. The average molecular weight is 438 g/mol. The van der Waals surface area contributed by atoms with Crippen LogP contribution < -0.4 is 10.2 Å². The minimum atomic E-state index is -0.564. The first-order chi connectivity index (χ1) is 15.8. The Hall–Kier alpha value is -4.77. The molecule has 0 spiro atoms. The summed E-state index contributed by atoms with van der Waals surface area (Å²) in [6.07, 6.45) is 0. The molecule has 33 heavy (non-hydrogen) atoms. The molecule has 1 heterocycles. The van der Waals surface area contributed by atoms with Gasteiger partial charge in [-0.25, -0.2) is 4.90 Å². The van der Waals surface area contributed by atoms with Crippen molar-refractivity contribution in [1.29, 1.82) is 5.26 Å². The number of carbonyl (C=O) groups is 2. The van der Waals surface area contributed by atoms with Crippen LogP contribution in [-0.4, -0.2) is 16.7 Å². The van der Waals surface area contributed by atoms with Crippen molar-refractivity contribution in [2.45, 2.75) is 13.8 Å². The predicted octanol–water partition coefficient (Wildman–Crippen LogP) is 4.48. The molecule has 8 heteroatoms. The molecule has 0 bridgehead atoms. The van der Waals surface area contributed by atoms with Gasteiger partial charge in [0.05, 0.1) is 27.8 Å². The van der Waals surface area contributed by atoms with Crippen LogP contribution in [0.15, 0.2) is 72.4 Å². The summed E-state index contributed by atoms with van der Waals surface area (Å²) in [7, 11) is 0. The van der Waals surface area contributed by atoms with Crippen LogP contribution in [0.25, 0.3) is 5.57 Å². The van der Waals surface area contributed by atoms with Gasteiger partial charge < -0.3 is 5.32 Å². The van der Waals surface area contributed by atoms with Crippen molar-refractivity contribution in [3.05, 3.63) is 105 Å². The Morgan fingerprint density at radius 2 is 1.61 bits per heavy atom. The molecule has 0 unspecified atom stereocenters. The van der Waals surface area contributed by atoms with Crippen molar-refractivity contribution in [2.75, 3.05) is 10.2 Å². The molecule has 2 amide bonds. The molecular formula is C25H18N4O4. The lowest BCUT2D eigenvalue weighted by Gasteiger charge is -2.16. The number of nitro benzene ring substituents is 1. The number of nitro groups is 1. The number of benzene rings is 3. The summed E-state index contributed by atoms with van der Waals surface area (Å²) in [5.41, 5.74) is 3.77. The van der Waals surface area contributed by atoms with E-state index in [1.54, 1.807) is 0 Å². The van der Waals surface area contributed by atoms with Gasteiger partial charge in [-0.3, -0.25) is 19.7 Å². The molecule has 0 radical (unpaired) electrons. The minimum absolute atomic E-state index is 0.0742. The van der Waals surface area contributed by atoms with Crippen LogP contribution in [0.3, 0.4) is 0 Å². The number of nitriles is 1. The number of anilines is 2. The number of non-ortho nitro benzene ring substituents is 1. The van der Waals surface area contributed by atoms with Crippen LogP contribution in [0.4, 0.5) is 17.1 Å². The second-order valence-corrected chi connectivity index (χ2v) is 7.60. The lowest BCUT2D eigenvalue weighted by atomic mass is 10.0. The van der Waals surface area contributed by atoms with Gasteiger partial charge in [-0.2, -0.15) is 5.26 Å². The lowest BCUT2D eigenvalue weighted by molar-refractivity contribution is -0.384. The van der Waals surface area contributed by atoms with Crippen molar-refractivity contribution < 1.29 is 14.5 Å². The molecular weight excluding hydrogens is 420 g/mol. The molecule has 1 aliphatic rings. The lowest BCUT2D eigenvalue weighted by Crippen LogP contribution is -2.32. The number of amides is 2. The van der Waals surface area contributed by atoms with Crippen molar-refractivity contribution in [3.8, 4) is 6.07 Å². The summed E-state index contributed by atoms with van der Waals surface area (Å²) in [6.45, 7) is 3.84. The molecule has 3 aromatic rings. The largest absolute Gasteiger partial charge is 0.350 e. The van der Waals surface area contributed by atoms with Crippen LogP contribution in [0.1, 0.15) is 22.3 Å². The van der Waals surface area contributed by atoms with Gasteiger partial charge in [0.1, 0.15) is 5.70 Å². The van der Waals surface area contributed by atoms with E-state index in [0.717, 1.165) is 16.0 Å².